The van der Waals surface area contributed by atoms with Crippen LogP contribution in [0.3, 0.4) is 0 Å². The average molecular weight is 466 g/mol. The number of pyridine rings is 2. The molecule has 0 spiro atoms. The molecular weight excluding hydrogens is 446 g/mol. The third-order valence-corrected chi connectivity index (χ3v) is 7.01. The number of thiophene rings is 1. The van der Waals surface area contributed by atoms with Gasteiger partial charge in [0.1, 0.15) is 17.0 Å². The number of benzene rings is 1. The van der Waals surface area contributed by atoms with Gasteiger partial charge in [0, 0.05) is 33.1 Å². The summed E-state index contributed by atoms with van der Waals surface area (Å²) in [5.41, 5.74) is 6.94. The van der Waals surface area contributed by atoms with Gasteiger partial charge in [0.05, 0.1) is 35.1 Å². The molecule has 1 aromatic carbocycles. The van der Waals surface area contributed by atoms with Gasteiger partial charge in [-0.1, -0.05) is 12.1 Å². The molecule has 0 saturated heterocycles. The topological polar surface area (TPSA) is 96.5 Å². The third-order valence-electron chi connectivity index (χ3n) is 5.79. The summed E-state index contributed by atoms with van der Waals surface area (Å²) in [4.78, 5) is 26.2. The summed E-state index contributed by atoms with van der Waals surface area (Å²) < 4.78 is 5.31. The Bertz CT molecular complexity index is 1690. The first-order valence-corrected chi connectivity index (χ1v) is 11.5. The number of rotatable bonds is 5. The maximum Gasteiger partial charge on any atom is 0.169 e. The lowest BCUT2D eigenvalue weighted by Crippen LogP contribution is -1.89. The lowest BCUT2D eigenvalue weighted by molar-refractivity contribution is 0.102. The van der Waals surface area contributed by atoms with E-state index in [2.05, 4.69) is 32.3 Å². The fourth-order valence-corrected chi connectivity index (χ4v) is 5.03. The molecular formula is C26H19N5O2S. The fourth-order valence-electron chi connectivity index (χ4n) is 4.09. The van der Waals surface area contributed by atoms with Crippen LogP contribution in [0.25, 0.3) is 55.0 Å². The fraction of sp³-hybridized carbons (Fsp3) is 0.0769. The first-order valence-electron chi connectivity index (χ1n) is 10.7. The Labute approximate surface area is 198 Å². The minimum atomic E-state index is 0.0780. The van der Waals surface area contributed by atoms with Crippen molar-refractivity contribution in [2.24, 2.45) is 0 Å². The van der Waals surface area contributed by atoms with Crippen molar-refractivity contribution in [1.82, 2.24) is 25.1 Å². The van der Waals surface area contributed by atoms with Crippen molar-refractivity contribution in [2.45, 2.75) is 6.92 Å². The van der Waals surface area contributed by atoms with E-state index >= 15 is 0 Å². The summed E-state index contributed by atoms with van der Waals surface area (Å²) in [5, 5.41) is 8.71. The van der Waals surface area contributed by atoms with Crippen LogP contribution in [0.15, 0.2) is 67.0 Å². The van der Waals surface area contributed by atoms with Crippen LogP contribution in [0, 0.1) is 0 Å². The molecule has 0 unspecified atom stereocenters. The van der Waals surface area contributed by atoms with E-state index in [-0.39, 0.29) is 5.78 Å². The zero-order valence-corrected chi connectivity index (χ0v) is 19.2. The smallest absolute Gasteiger partial charge is 0.169 e. The van der Waals surface area contributed by atoms with Crippen LogP contribution in [0.2, 0.25) is 0 Å². The molecule has 7 nitrogen and oxygen atoms in total. The molecule has 8 heteroatoms. The minimum Gasteiger partial charge on any atom is -0.495 e. The van der Waals surface area contributed by atoms with Crippen LogP contribution in [-0.2, 0) is 0 Å². The standard InChI is InChI=1S/C26H19N5O2S/c1-14(32)23-8-9-24(34-23)17-4-3-5-20-18(17)11-22(28-20)26-25-21(30-31-26)7-6-19(29-25)15-10-16(33-2)13-27-12-15/h3-13,28H,1-2H3,(H,30,31). The number of aromatic amines is 2. The molecule has 2 N–H and O–H groups in total. The van der Waals surface area contributed by atoms with Gasteiger partial charge in [0.15, 0.2) is 5.78 Å². The monoisotopic (exact) mass is 465 g/mol. The Morgan fingerprint density at radius 2 is 1.94 bits per heavy atom. The number of methoxy groups -OCH3 is 1. The van der Waals surface area contributed by atoms with Crippen LogP contribution < -0.4 is 4.74 Å². The van der Waals surface area contributed by atoms with Crippen LogP contribution in [0.4, 0.5) is 0 Å². The van der Waals surface area contributed by atoms with Crippen molar-refractivity contribution in [3.05, 3.63) is 71.9 Å². The molecule has 0 saturated carbocycles. The number of aromatic nitrogens is 5. The van der Waals surface area contributed by atoms with E-state index in [1.54, 1.807) is 26.4 Å². The van der Waals surface area contributed by atoms with E-state index in [0.29, 0.717) is 5.75 Å². The molecule has 34 heavy (non-hydrogen) atoms. The second-order valence-corrected chi connectivity index (χ2v) is 9.03. The van der Waals surface area contributed by atoms with E-state index in [4.69, 9.17) is 9.72 Å². The van der Waals surface area contributed by atoms with E-state index in [1.165, 1.54) is 11.3 Å². The highest BCUT2D eigenvalue weighted by Gasteiger charge is 2.16. The van der Waals surface area contributed by atoms with Crippen molar-refractivity contribution in [3.8, 4) is 38.8 Å². The Balaban J connectivity index is 1.47. The second kappa shape index (κ2) is 7.93. The number of H-pyrrole nitrogens is 2. The molecule has 5 heterocycles. The van der Waals surface area contributed by atoms with Crippen molar-refractivity contribution in [2.75, 3.05) is 7.11 Å². The van der Waals surface area contributed by atoms with E-state index in [9.17, 15) is 4.79 Å². The summed E-state index contributed by atoms with van der Waals surface area (Å²) >= 11 is 1.51. The second-order valence-electron chi connectivity index (χ2n) is 7.95. The summed E-state index contributed by atoms with van der Waals surface area (Å²) in [6.07, 6.45) is 3.43. The molecule has 0 aliphatic carbocycles. The molecule has 0 atom stereocenters. The number of carbonyl (C=O) groups excluding carboxylic acids is 1. The van der Waals surface area contributed by atoms with Gasteiger partial charge in [0.25, 0.3) is 0 Å². The molecule has 0 amide bonds. The van der Waals surface area contributed by atoms with Crippen molar-refractivity contribution < 1.29 is 9.53 Å². The van der Waals surface area contributed by atoms with Crippen molar-refractivity contribution in [3.63, 3.8) is 0 Å². The highest BCUT2D eigenvalue weighted by Crippen LogP contribution is 2.37. The molecule has 6 aromatic rings. The number of ketones is 1. The SMILES string of the molecule is COc1cncc(-c2ccc3[nH]nc(-c4cc5c(-c6ccc(C(C)=O)s6)cccc5[nH]4)c3n2)c1. The van der Waals surface area contributed by atoms with E-state index in [1.807, 2.05) is 42.5 Å². The first kappa shape index (κ1) is 20.3. The number of hydrogen-bond donors (Lipinski definition) is 2. The van der Waals surface area contributed by atoms with Crippen molar-refractivity contribution >= 4 is 39.1 Å². The largest absolute Gasteiger partial charge is 0.495 e. The molecule has 0 fully saturated rings. The maximum atomic E-state index is 11.8. The predicted molar refractivity (Wildman–Crippen MR) is 134 cm³/mol. The lowest BCUT2D eigenvalue weighted by atomic mass is 10.1. The first-order chi connectivity index (χ1) is 16.6. The normalized spacial score (nSPS) is 11.4. The molecule has 5 aromatic heterocycles. The summed E-state index contributed by atoms with van der Waals surface area (Å²) in [6.45, 7) is 1.59. The lowest BCUT2D eigenvalue weighted by Gasteiger charge is -2.04. The van der Waals surface area contributed by atoms with Gasteiger partial charge in [-0.3, -0.25) is 14.9 Å². The molecule has 166 valence electrons. The molecule has 0 aliphatic rings. The average Bonchev–Trinajstić information content (AvgIpc) is 3.61. The molecule has 6 rings (SSSR count). The Morgan fingerprint density at radius 1 is 1.03 bits per heavy atom. The number of nitrogens with one attached hydrogen (secondary N) is 2. The third kappa shape index (κ3) is 3.36. The Morgan fingerprint density at radius 3 is 2.76 bits per heavy atom. The van der Waals surface area contributed by atoms with Gasteiger partial charge in [-0.15, -0.1) is 11.3 Å². The number of fused-ring (bicyclic) bond motifs is 2. The number of ether oxygens (including phenoxy) is 1. The zero-order chi connectivity index (χ0) is 23.2. The maximum absolute atomic E-state index is 11.8. The number of hydrogen-bond acceptors (Lipinski definition) is 6. The Hall–Kier alpha value is -4.30. The van der Waals surface area contributed by atoms with E-state index < -0.39 is 0 Å². The zero-order valence-electron chi connectivity index (χ0n) is 18.4. The highest BCUT2D eigenvalue weighted by atomic mass is 32.1. The van der Waals surface area contributed by atoms with Crippen molar-refractivity contribution in [1.29, 1.82) is 0 Å². The summed E-state index contributed by atoms with van der Waals surface area (Å²) in [5.74, 6) is 0.755. The van der Waals surface area contributed by atoms with E-state index in [0.717, 1.165) is 59.9 Å². The quantitative estimate of drug-likeness (QED) is 0.300. The molecule has 0 radical (unpaired) electrons. The van der Waals surface area contributed by atoms with Crippen LogP contribution in [0.1, 0.15) is 16.6 Å². The van der Waals surface area contributed by atoms with Crippen LogP contribution in [-0.4, -0.2) is 38.0 Å². The van der Waals surface area contributed by atoms with Gasteiger partial charge in [0.2, 0.25) is 0 Å². The number of Topliss-reactive ketones (excluding diaryl/α,β-unsaturated/α-hetero) is 1. The van der Waals surface area contributed by atoms with Gasteiger partial charge in [-0.25, -0.2) is 4.98 Å². The summed E-state index contributed by atoms with van der Waals surface area (Å²) in [6, 6.07) is 17.9. The number of nitrogens with zero attached hydrogens (tertiary/aromatic N) is 3. The van der Waals surface area contributed by atoms with Gasteiger partial charge >= 0.3 is 0 Å². The van der Waals surface area contributed by atoms with Gasteiger partial charge in [-0.2, -0.15) is 5.10 Å². The van der Waals surface area contributed by atoms with Gasteiger partial charge in [-0.05, 0) is 49.4 Å². The number of carbonyl (C=O) groups is 1. The highest BCUT2D eigenvalue weighted by molar-refractivity contribution is 7.17. The van der Waals surface area contributed by atoms with Gasteiger partial charge < -0.3 is 9.72 Å². The molecule has 0 aliphatic heterocycles. The van der Waals surface area contributed by atoms with Crippen LogP contribution >= 0.6 is 11.3 Å². The minimum absolute atomic E-state index is 0.0780. The Kier molecular flexibility index (Phi) is 4.74. The predicted octanol–water partition coefficient (Wildman–Crippen LogP) is 6.11. The van der Waals surface area contributed by atoms with Crippen LogP contribution in [0.5, 0.6) is 5.75 Å². The molecule has 0 bridgehead atoms. The summed E-state index contributed by atoms with van der Waals surface area (Å²) in [7, 11) is 1.62.